The van der Waals surface area contributed by atoms with Crippen molar-refractivity contribution in [1.82, 2.24) is 10.2 Å². The van der Waals surface area contributed by atoms with E-state index < -0.39 is 5.97 Å². The van der Waals surface area contributed by atoms with Crippen LogP contribution in [0.25, 0.3) is 27.6 Å². The first kappa shape index (κ1) is 21.5. The van der Waals surface area contributed by atoms with Crippen molar-refractivity contribution in [2.45, 2.75) is 12.8 Å². The van der Waals surface area contributed by atoms with E-state index in [1.54, 1.807) is 18.2 Å². The monoisotopic (exact) mass is 474 g/mol. The maximum Gasteiger partial charge on any atom is 0.335 e. The quantitative estimate of drug-likeness (QED) is 0.227. The molecule has 2 N–H and O–H groups in total. The topological polar surface area (TPSA) is 66.0 Å². The van der Waals surface area contributed by atoms with Gasteiger partial charge in [0.05, 0.1) is 17.3 Å². The fraction of sp³-hybridized carbons (Fsp3) is 0.111. The van der Waals surface area contributed by atoms with E-state index in [1.165, 1.54) is 5.57 Å². The normalized spacial score (nSPS) is 14.2. The zero-order valence-electron chi connectivity index (χ0n) is 17.6. The summed E-state index contributed by atoms with van der Waals surface area (Å²) in [6, 6.07) is 19.3. The Kier molecular flexibility index (Phi) is 5.57. The van der Waals surface area contributed by atoms with Crippen molar-refractivity contribution in [3.05, 3.63) is 106 Å². The standard InChI is InChI=1S/C27H20Cl2N2O2/c1-15(27(32)33)16-2-4-17(5-3-16)25(19-8-11-24-20(12-19)14-30-31-24)26(18-6-7-18)22-10-9-21(28)13-23(22)29/h2-5,8-14,18H,1,6-7H2,(H,30,31)(H,32,33). The first-order valence-electron chi connectivity index (χ1n) is 10.6. The molecule has 1 aliphatic rings. The fourth-order valence-electron chi connectivity index (χ4n) is 4.18. The Balaban J connectivity index is 1.76. The number of nitrogens with one attached hydrogen (secondary N) is 1. The lowest BCUT2D eigenvalue weighted by Gasteiger charge is -2.19. The predicted octanol–water partition coefficient (Wildman–Crippen LogP) is 7.34. The van der Waals surface area contributed by atoms with Crippen LogP contribution in [0, 0.1) is 5.92 Å². The number of allylic oxidation sites excluding steroid dienone is 1. The number of aromatic amines is 1. The van der Waals surface area contributed by atoms with Gasteiger partial charge in [0.25, 0.3) is 0 Å². The minimum atomic E-state index is -1.03. The molecule has 33 heavy (non-hydrogen) atoms. The molecule has 0 amide bonds. The summed E-state index contributed by atoms with van der Waals surface area (Å²) in [5, 5.41) is 18.7. The van der Waals surface area contributed by atoms with Crippen molar-refractivity contribution < 1.29 is 9.90 Å². The van der Waals surface area contributed by atoms with Gasteiger partial charge in [0, 0.05) is 15.4 Å². The first-order valence-corrected chi connectivity index (χ1v) is 11.3. The average molecular weight is 475 g/mol. The summed E-state index contributed by atoms with van der Waals surface area (Å²) in [6.45, 7) is 3.67. The van der Waals surface area contributed by atoms with Gasteiger partial charge in [0.1, 0.15) is 0 Å². The van der Waals surface area contributed by atoms with Crippen LogP contribution in [0.2, 0.25) is 10.0 Å². The van der Waals surface area contributed by atoms with Crippen LogP contribution in [-0.4, -0.2) is 21.3 Å². The van der Waals surface area contributed by atoms with Crippen LogP contribution < -0.4 is 0 Å². The van der Waals surface area contributed by atoms with E-state index in [4.69, 9.17) is 23.2 Å². The highest BCUT2D eigenvalue weighted by molar-refractivity contribution is 6.36. The second kappa shape index (κ2) is 8.54. The molecule has 1 aliphatic carbocycles. The van der Waals surface area contributed by atoms with Crippen LogP contribution in [0.5, 0.6) is 0 Å². The van der Waals surface area contributed by atoms with E-state index in [1.807, 2.05) is 36.5 Å². The number of carbonyl (C=O) groups is 1. The second-order valence-corrected chi connectivity index (χ2v) is 9.06. The van der Waals surface area contributed by atoms with Gasteiger partial charge < -0.3 is 5.11 Å². The lowest BCUT2D eigenvalue weighted by molar-refractivity contribution is -0.130. The maximum atomic E-state index is 11.4. The number of H-pyrrole nitrogens is 1. The van der Waals surface area contributed by atoms with E-state index >= 15 is 0 Å². The average Bonchev–Trinajstić information content (AvgIpc) is 3.53. The lowest BCUT2D eigenvalue weighted by atomic mass is 9.86. The summed E-state index contributed by atoms with van der Waals surface area (Å²) in [6.07, 6.45) is 3.97. The van der Waals surface area contributed by atoms with Crippen LogP contribution >= 0.6 is 23.2 Å². The van der Waals surface area contributed by atoms with Crippen LogP contribution in [0.3, 0.4) is 0 Å². The Hall–Kier alpha value is -3.34. The number of hydrogen-bond donors (Lipinski definition) is 2. The third-order valence-electron chi connectivity index (χ3n) is 5.99. The zero-order valence-corrected chi connectivity index (χ0v) is 19.1. The highest BCUT2D eigenvalue weighted by Crippen LogP contribution is 2.49. The highest BCUT2D eigenvalue weighted by atomic mass is 35.5. The number of carboxylic acids is 1. The van der Waals surface area contributed by atoms with Crippen LogP contribution in [0.15, 0.2) is 73.4 Å². The molecule has 4 aromatic rings. The number of halogens is 2. The Bertz CT molecular complexity index is 1430. The van der Waals surface area contributed by atoms with Crippen LogP contribution in [-0.2, 0) is 4.79 Å². The summed E-state index contributed by atoms with van der Waals surface area (Å²) < 4.78 is 0. The van der Waals surface area contributed by atoms with E-state index in [0.717, 1.165) is 46.0 Å². The van der Waals surface area contributed by atoms with Crippen molar-refractivity contribution >= 4 is 56.8 Å². The van der Waals surface area contributed by atoms with Gasteiger partial charge in [-0.3, -0.25) is 5.10 Å². The highest BCUT2D eigenvalue weighted by Gasteiger charge is 2.32. The van der Waals surface area contributed by atoms with Gasteiger partial charge in [0.2, 0.25) is 0 Å². The molecule has 1 aromatic heterocycles. The lowest BCUT2D eigenvalue weighted by Crippen LogP contribution is -2.00. The van der Waals surface area contributed by atoms with E-state index in [9.17, 15) is 9.90 Å². The third-order valence-corrected chi connectivity index (χ3v) is 6.53. The van der Waals surface area contributed by atoms with Gasteiger partial charge in [-0.15, -0.1) is 0 Å². The number of aromatic nitrogens is 2. The molecule has 1 heterocycles. The van der Waals surface area contributed by atoms with Crippen LogP contribution in [0.1, 0.15) is 35.1 Å². The molecule has 0 radical (unpaired) electrons. The maximum absolute atomic E-state index is 11.4. The van der Waals surface area contributed by atoms with E-state index in [-0.39, 0.29) is 5.57 Å². The Labute approximate surface area is 201 Å². The van der Waals surface area contributed by atoms with Crippen molar-refractivity contribution in [2.24, 2.45) is 5.92 Å². The molecule has 6 heteroatoms. The number of nitrogens with zero attached hydrogens (tertiary/aromatic N) is 1. The van der Waals surface area contributed by atoms with Crippen molar-refractivity contribution in [2.75, 3.05) is 0 Å². The van der Waals surface area contributed by atoms with Gasteiger partial charge in [-0.2, -0.15) is 5.10 Å². The van der Waals surface area contributed by atoms with Crippen molar-refractivity contribution in [3.8, 4) is 0 Å². The number of benzene rings is 3. The van der Waals surface area contributed by atoms with Gasteiger partial charge >= 0.3 is 5.97 Å². The number of aliphatic carboxylic acids is 1. The summed E-state index contributed by atoms with van der Waals surface area (Å²) in [5.41, 5.74) is 6.83. The molecule has 1 fully saturated rings. The molecule has 0 spiro atoms. The Morgan fingerprint density at radius 2 is 1.67 bits per heavy atom. The molecule has 0 unspecified atom stereocenters. The molecule has 3 aromatic carbocycles. The molecule has 164 valence electrons. The number of rotatable bonds is 6. The molecule has 0 aliphatic heterocycles. The largest absolute Gasteiger partial charge is 0.478 e. The van der Waals surface area contributed by atoms with Gasteiger partial charge in [-0.05, 0) is 76.4 Å². The van der Waals surface area contributed by atoms with Crippen LogP contribution in [0.4, 0.5) is 0 Å². The molecule has 0 atom stereocenters. The molecular weight excluding hydrogens is 455 g/mol. The summed E-state index contributed by atoms with van der Waals surface area (Å²) >= 11 is 12.9. The Morgan fingerprint density at radius 3 is 2.33 bits per heavy atom. The van der Waals surface area contributed by atoms with Crippen molar-refractivity contribution in [1.29, 1.82) is 0 Å². The SMILES string of the molecule is C=C(C(=O)O)c1ccc(C(=C(c2ccc(Cl)cc2Cl)C2CC2)c2ccc3[nH]ncc3c2)cc1. The van der Waals surface area contributed by atoms with E-state index in [0.29, 0.717) is 21.5 Å². The third kappa shape index (κ3) is 4.20. The smallest absolute Gasteiger partial charge is 0.335 e. The van der Waals surface area contributed by atoms with E-state index in [2.05, 4.69) is 28.9 Å². The number of hydrogen-bond acceptors (Lipinski definition) is 2. The van der Waals surface area contributed by atoms with Gasteiger partial charge in [0.15, 0.2) is 0 Å². The molecule has 0 bridgehead atoms. The van der Waals surface area contributed by atoms with Crippen molar-refractivity contribution in [3.63, 3.8) is 0 Å². The molecular formula is C27H20Cl2N2O2. The summed E-state index contributed by atoms with van der Waals surface area (Å²) in [4.78, 5) is 11.4. The molecule has 1 saturated carbocycles. The number of fused-ring (bicyclic) bond motifs is 1. The summed E-state index contributed by atoms with van der Waals surface area (Å²) in [5.74, 6) is -0.650. The second-order valence-electron chi connectivity index (χ2n) is 8.22. The number of carboxylic acid groups (broad SMARTS) is 1. The minimum absolute atomic E-state index is 0.0649. The molecule has 5 rings (SSSR count). The zero-order chi connectivity index (χ0) is 23.1. The van der Waals surface area contributed by atoms with Gasteiger partial charge in [-0.25, -0.2) is 4.79 Å². The summed E-state index contributed by atoms with van der Waals surface area (Å²) in [7, 11) is 0. The predicted molar refractivity (Wildman–Crippen MR) is 134 cm³/mol. The molecule has 4 nitrogen and oxygen atoms in total. The minimum Gasteiger partial charge on any atom is -0.478 e. The Morgan fingerprint density at radius 1 is 0.970 bits per heavy atom. The molecule has 0 saturated heterocycles. The fourth-order valence-corrected chi connectivity index (χ4v) is 4.69. The van der Waals surface area contributed by atoms with Gasteiger partial charge in [-0.1, -0.05) is 66.2 Å². The first-order chi connectivity index (χ1) is 15.9.